The van der Waals surface area contributed by atoms with E-state index in [4.69, 9.17) is 4.42 Å². The molecule has 0 aromatic carbocycles. The molecule has 1 N–H and O–H groups in total. The predicted molar refractivity (Wildman–Crippen MR) is 47.7 cm³/mol. The predicted octanol–water partition coefficient (Wildman–Crippen LogP) is 2.67. The lowest BCUT2D eigenvalue weighted by molar-refractivity contribution is 0.197. The Balaban J connectivity index is 2.44. The van der Waals surface area contributed by atoms with Crippen molar-refractivity contribution in [2.75, 3.05) is 0 Å². The first kappa shape index (κ1) is 9.07. The van der Waals surface area contributed by atoms with Gasteiger partial charge in [-0.15, -0.1) is 0 Å². The van der Waals surface area contributed by atoms with E-state index in [1.165, 1.54) is 0 Å². The minimum Gasteiger partial charge on any atom is -0.466 e. The minimum absolute atomic E-state index is 0.591. The zero-order valence-electron chi connectivity index (χ0n) is 7.23. The molecule has 0 aliphatic heterocycles. The lowest BCUT2D eigenvalue weighted by Crippen LogP contribution is -1.89. The van der Waals surface area contributed by atoms with Crippen LogP contribution in [0.1, 0.15) is 31.6 Å². The van der Waals surface area contributed by atoms with Crippen LogP contribution in [0.4, 0.5) is 0 Å². The van der Waals surface area contributed by atoms with Crippen molar-refractivity contribution in [3.8, 4) is 0 Å². The van der Waals surface area contributed by atoms with Crippen molar-refractivity contribution in [3.63, 3.8) is 0 Å². The molecule has 0 bridgehead atoms. The highest BCUT2D eigenvalue weighted by Crippen LogP contribution is 2.14. The van der Waals surface area contributed by atoms with Gasteiger partial charge in [-0.25, -0.2) is 0 Å². The Labute approximate surface area is 72.5 Å². The van der Waals surface area contributed by atoms with Crippen LogP contribution in [-0.4, -0.2) is 5.11 Å². The average molecular weight is 166 g/mol. The Morgan fingerprint density at radius 1 is 1.67 bits per heavy atom. The molecule has 2 heteroatoms. The molecule has 0 fully saturated rings. The Hall–Kier alpha value is -1.02. The molecule has 1 heterocycles. The quantitative estimate of drug-likeness (QED) is 0.697. The maximum Gasteiger partial charge on any atom is 0.136 e. The summed E-state index contributed by atoms with van der Waals surface area (Å²) in [7, 11) is 0. The van der Waals surface area contributed by atoms with Crippen LogP contribution in [0.15, 0.2) is 35.0 Å². The summed E-state index contributed by atoms with van der Waals surface area (Å²) in [6, 6.07) is 3.53. The van der Waals surface area contributed by atoms with E-state index in [1.807, 2.05) is 6.08 Å². The van der Waals surface area contributed by atoms with Gasteiger partial charge < -0.3 is 9.52 Å². The smallest absolute Gasteiger partial charge is 0.136 e. The van der Waals surface area contributed by atoms with Crippen LogP contribution in [0.25, 0.3) is 0 Å². The first-order chi connectivity index (χ1) is 5.84. The number of aliphatic hydroxyl groups excluding tert-OH is 1. The van der Waals surface area contributed by atoms with Crippen LogP contribution in [-0.2, 0) is 0 Å². The molecule has 66 valence electrons. The van der Waals surface area contributed by atoms with Crippen LogP contribution in [0.5, 0.6) is 0 Å². The van der Waals surface area contributed by atoms with E-state index >= 15 is 0 Å². The Morgan fingerprint density at radius 3 is 3.08 bits per heavy atom. The molecule has 0 aliphatic rings. The maximum absolute atomic E-state index is 9.46. The summed E-state index contributed by atoms with van der Waals surface area (Å²) in [5.41, 5.74) is 0. The SMILES string of the molecule is CCC/C=C/C(O)c1ccco1. The van der Waals surface area contributed by atoms with E-state index in [1.54, 1.807) is 24.5 Å². The molecule has 0 saturated heterocycles. The van der Waals surface area contributed by atoms with Gasteiger partial charge in [-0.1, -0.05) is 25.5 Å². The summed E-state index contributed by atoms with van der Waals surface area (Å²) in [6.45, 7) is 2.10. The fourth-order valence-electron chi connectivity index (χ4n) is 0.946. The standard InChI is InChI=1S/C10H14O2/c1-2-3-4-6-9(11)10-7-5-8-12-10/h4-9,11H,2-3H2,1H3/b6-4+. The highest BCUT2D eigenvalue weighted by molar-refractivity contribution is 5.08. The lowest BCUT2D eigenvalue weighted by Gasteiger charge is -1.99. The average Bonchev–Trinajstić information content (AvgIpc) is 2.56. The molecule has 12 heavy (non-hydrogen) atoms. The number of hydrogen-bond acceptors (Lipinski definition) is 2. The van der Waals surface area contributed by atoms with Crippen LogP contribution in [0.2, 0.25) is 0 Å². The molecule has 0 radical (unpaired) electrons. The highest BCUT2D eigenvalue weighted by Gasteiger charge is 2.04. The summed E-state index contributed by atoms with van der Waals surface area (Å²) in [4.78, 5) is 0. The lowest BCUT2D eigenvalue weighted by atomic mass is 10.2. The third-order valence-corrected chi connectivity index (χ3v) is 1.61. The van der Waals surface area contributed by atoms with Crippen molar-refractivity contribution in [2.24, 2.45) is 0 Å². The Kier molecular flexibility index (Phi) is 3.61. The molecule has 0 saturated carbocycles. The van der Waals surface area contributed by atoms with Gasteiger partial charge >= 0.3 is 0 Å². The normalized spacial score (nSPS) is 13.8. The van der Waals surface area contributed by atoms with E-state index < -0.39 is 6.10 Å². The first-order valence-corrected chi connectivity index (χ1v) is 4.22. The van der Waals surface area contributed by atoms with Gasteiger partial charge in [-0.05, 0) is 18.6 Å². The van der Waals surface area contributed by atoms with Crippen molar-refractivity contribution in [1.29, 1.82) is 0 Å². The fraction of sp³-hybridized carbons (Fsp3) is 0.400. The third kappa shape index (κ3) is 2.55. The summed E-state index contributed by atoms with van der Waals surface area (Å²) in [6.07, 6.45) is 6.78. The fourth-order valence-corrected chi connectivity index (χ4v) is 0.946. The molecule has 0 spiro atoms. The number of allylic oxidation sites excluding steroid dienone is 1. The summed E-state index contributed by atoms with van der Waals surface area (Å²) >= 11 is 0. The van der Waals surface area contributed by atoms with E-state index in [0.717, 1.165) is 12.8 Å². The summed E-state index contributed by atoms with van der Waals surface area (Å²) in [5, 5.41) is 9.46. The minimum atomic E-state index is -0.591. The molecular formula is C10H14O2. The monoisotopic (exact) mass is 166 g/mol. The molecule has 1 atom stereocenters. The van der Waals surface area contributed by atoms with Crippen LogP contribution >= 0.6 is 0 Å². The largest absolute Gasteiger partial charge is 0.466 e. The van der Waals surface area contributed by atoms with Gasteiger partial charge in [0.2, 0.25) is 0 Å². The molecule has 0 amide bonds. The summed E-state index contributed by atoms with van der Waals surface area (Å²) < 4.78 is 5.02. The topological polar surface area (TPSA) is 33.4 Å². The van der Waals surface area contributed by atoms with Crippen LogP contribution < -0.4 is 0 Å². The van der Waals surface area contributed by atoms with Crippen molar-refractivity contribution < 1.29 is 9.52 Å². The van der Waals surface area contributed by atoms with Crippen molar-refractivity contribution in [3.05, 3.63) is 36.3 Å². The Morgan fingerprint density at radius 2 is 2.50 bits per heavy atom. The molecule has 1 aromatic rings. The molecule has 1 rings (SSSR count). The van der Waals surface area contributed by atoms with Gasteiger partial charge in [0.15, 0.2) is 0 Å². The van der Waals surface area contributed by atoms with Gasteiger partial charge in [-0.2, -0.15) is 0 Å². The second-order valence-electron chi connectivity index (χ2n) is 2.68. The number of rotatable bonds is 4. The van der Waals surface area contributed by atoms with Gasteiger partial charge in [0, 0.05) is 0 Å². The van der Waals surface area contributed by atoms with Gasteiger partial charge in [0.1, 0.15) is 11.9 Å². The zero-order chi connectivity index (χ0) is 8.81. The molecule has 1 aromatic heterocycles. The molecule has 2 nitrogen and oxygen atoms in total. The molecule has 0 aliphatic carbocycles. The number of unbranched alkanes of at least 4 members (excludes halogenated alkanes) is 1. The van der Waals surface area contributed by atoms with Gasteiger partial charge in [0.05, 0.1) is 6.26 Å². The second kappa shape index (κ2) is 4.78. The number of furan rings is 1. The first-order valence-electron chi connectivity index (χ1n) is 4.22. The van der Waals surface area contributed by atoms with E-state index in [-0.39, 0.29) is 0 Å². The molecular weight excluding hydrogens is 152 g/mol. The third-order valence-electron chi connectivity index (χ3n) is 1.61. The zero-order valence-corrected chi connectivity index (χ0v) is 7.23. The second-order valence-corrected chi connectivity index (χ2v) is 2.68. The van der Waals surface area contributed by atoms with Gasteiger partial charge in [0.25, 0.3) is 0 Å². The highest BCUT2D eigenvalue weighted by atomic mass is 16.4. The van der Waals surface area contributed by atoms with E-state index in [9.17, 15) is 5.11 Å². The maximum atomic E-state index is 9.46. The van der Waals surface area contributed by atoms with E-state index in [2.05, 4.69) is 6.92 Å². The van der Waals surface area contributed by atoms with E-state index in [0.29, 0.717) is 5.76 Å². The van der Waals surface area contributed by atoms with Crippen LogP contribution in [0, 0.1) is 0 Å². The van der Waals surface area contributed by atoms with Crippen molar-refractivity contribution in [2.45, 2.75) is 25.9 Å². The van der Waals surface area contributed by atoms with Crippen LogP contribution in [0.3, 0.4) is 0 Å². The molecule has 1 unspecified atom stereocenters. The number of aliphatic hydroxyl groups is 1. The van der Waals surface area contributed by atoms with Gasteiger partial charge in [-0.3, -0.25) is 0 Å². The summed E-state index contributed by atoms with van der Waals surface area (Å²) in [5.74, 6) is 0.599. The Bertz CT molecular complexity index is 224. The van der Waals surface area contributed by atoms with Crippen molar-refractivity contribution in [1.82, 2.24) is 0 Å². The van der Waals surface area contributed by atoms with Crippen molar-refractivity contribution >= 4 is 0 Å². The number of hydrogen-bond donors (Lipinski definition) is 1.